The number of carbonyl (C=O) groups is 1. The number of nitrogen functional groups attached to an aromatic ring is 1. The van der Waals surface area contributed by atoms with Gasteiger partial charge in [0.05, 0.1) is 24.5 Å². The van der Waals surface area contributed by atoms with Crippen molar-refractivity contribution in [1.29, 1.82) is 0 Å². The SMILES string of the molecule is C/C=C/CCCOc1cccc(CNC(=O)c2ccc(COC)nc2N)c1. The van der Waals surface area contributed by atoms with Crippen molar-refractivity contribution < 1.29 is 14.3 Å². The largest absolute Gasteiger partial charge is 0.494 e. The molecule has 27 heavy (non-hydrogen) atoms. The molecule has 1 heterocycles. The molecule has 0 saturated carbocycles. The van der Waals surface area contributed by atoms with E-state index in [2.05, 4.69) is 16.4 Å². The second-order valence-electron chi connectivity index (χ2n) is 6.06. The van der Waals surface area contributed by atoms with Gasteiger partial charge in [0, 0.05) is 13.7 Å². The van der Waals surface area contributed by atoms with E-state index in [0.717, 1.165) is 24.2 Å². The van der Waals surface area contributed by atoms with Crippen LogP contribution in [0, 0.1) is 0 Å². The van der Waals surface area contributed by atoms with Crippen LogP contribution < -0.4 is 15.8 Å². The number of anilines is 1. The molecular weight excluding hydrogens is 342 g/mol. The van der Waals surface area contributed by atoms with Gasteiger partial charge in [-0.2, -0.15) is 0 Å². The Morgan fingerprint density at radius 1 is 1.30 bits per heavy atom. The van der Waals surface area contributed by atoms with Gasteiger partial charge in [0.2, 0.25) is 0 Å². The number of hydrogen-bond acceptors (Lipinski definition) is 5. The van der Waals surface area contributed by atoms with Gasteiger partial charge in [0.15, 0.2) is 0 Å². The van der Waals surface area contributed by atoms with E-state index >= 15 is 0 Å². The minimum atomic E-state index is -0.262. The minimum absolute atomic E-state index is 0.195. The molecule has 2 rings (SSSR count). The van der Waals surface area contributed by atoms with E-state index in [9.17, 15) is 4.79 Å². The molecule has 0 spiro atoms. The zero-order valence-electron chi connectivity index (χ0n) is 15.9. The average Bonchev–Trinajstić information content (AvgIpc) is 2.67. The van der Waals surface area contributed by atoms with E-state index in [-0.39, 0.29) is 11.7 Å². The second-order valence-corrected chi connectivity index (χ2v) is 6.06. The lowest BCUT2D eigenvalue weighted by Gasteiger charge is -2.10. The van der Waals surface area contributed by atoms with Crippen molar-refractivity contribution >= 4 is 11.7 Å². The number of methoxy groups -OCH3 is 1. The summed E-state index contributed by atoms with van der Waals surface area (Å²) in [6, 6.07) is 11.1. The maximum atomic E-state index is 12.4. The van der Waals surface area contributed by atoms with Crippen molar-refractivity contribution in [2.45, 2.75) is 32.9 Å². The number of pyridine rings is 1. The van der Waals surface area contributed by atoms with Gasteiger partial charge >= 0.3 is 0 Å². The number of benzene rings is 1. The average molecular weight is 369 g/mol. The second kappa shape index (κ2) is 11.0. The Hall–Kier alpha value is -2.86. The highest BCUT2D eigenvalue weighted by Gasteiger charge is 2.11. The van der Waals surface area contributed by atoms with Crippen LogP contribution in [0.25, 0.3) is 0 Å². The molecule has 6 heteroatoms. The Morgan fingerprint density at radius 3 is 2.89 bits per heavy atom. The fourth-order valence-electron chi connectivity index (χ4n) is 2.52. The van der Waals surface area contributed by atoms with Crippen molar-refractivity contribution in [2.75, 3.05) is 19.5 Å². The predicted molar refractivity (Wildman–Crippen MR) is 107 cm³/mol. The maximum Gasteiger partial charge on any atom is 0.255 e. The number of nitrogens with one attached hydrogen (secondary N) is 1. The number of nitrogens with two attached hydrogens (primary N) is 1. The summed E-state index contributed by atoms with van der Waals surface area (Å²) in [5, 5.41) is 2.86. The summed E-state index contributed by atoms with van der Waals surface area (Å²) in [6.45, 7) is 3.41. The number of carbonyl (C=O) groups excluding carboxylic acids is 1. The summed E-state index contributed by atoms with van der Waals surface area (Å²) in [7, 11) is 1.58. The van der Waals surface area contributed by atoms with E-state index in [1.807, 2.05) is 37.3 Å². The van der Waals surface area contributed by atoms with Crippen LogP contribution in [0.4, 0.5) is 5.82 Å². The summed E-state index contributed by atoms with van der Waals surface area (Å²) in [4.78, 5) is 16.5. The molecule has 1 amide bonds. The van der Waals surface area contributed by atoms with Crippen molar-refractivity contribution in [2.24, 2.45) is 0 Å². The van der Waals surface area contributed by atoms with Gasteiger partial charge in [-0.05, 0) is 49.6 Å². The van der Waals surface area contributed by atoms with Crippen LogP contribution in [0.2, 0.25) is 0 Å². The number of hydrogen-bond donors (Lipinski definition) is 2. The lowest BCUT2D eigenvalue weighted by atomic mass is 10.2. The number of unbranched alkanes of at least 4 members (excludes halogenated alkanes) is 1. The van der Waals surface area contributed by atoms with Crippen molar-refractivity contribution in [1.82, 2.24) is 10.3 Å². The zero-order chi connectivity index (χ0) is 19.5. The molecule has 0 fully saturated rings. The summed E-state index contributed by atoms with van der Waals surface area (Å²) in [5.41, 5.74) is 7.88. The lowest BCUT2D eigenvalue weighted by Crippen LogP contribution is -2.24. The van der Waals surface area contributed by atoms with Gasteiger partial charge in [-0.1, -0.05) is 24.3 Å². The normalized spacial score (nSPS) is 10.9. The lowest BCUT2D eigenvalue weighted by molar-refractivity contribution is 0.0951. The van der Waals surface area contributed by atoms with E-state index in [4.69, 9.17) is 15.2 Å². The molecule has 2 aromatic rings. The third kappa shape index (κ3) is 6.75. The molecule has 0 unspecified atom stereocenters. The predicted octanol–water partition coefficient (Wildman–Crippen LogP) is 3.48. The first-order valence-electron chi connectivity index (χ1n) is 8.99. The summed E-state index contributed by atoms with van der Waals surface area (Å²) < 4.78 is 10.8. The molecular formula is C21H27N3O3. The van der Waals surface area contributed by atoms with Crippen molar-refractivity contribution in [3.63, 3.8) is 0 Å². The fraction of sp³-hybridized carbons (Fsp3) is 0.333. The molecule has 0 aliphatic heterocycles. The van der Waals surface area contributed by atoms with Crippen LogP contribution >= 0.6 is 0 Å². The molecule has 1 aromatic carbocycles. The van der Waals surface area contributed by atoms with Gasteiger partial charge in [-0.3, -0.25) is 4.79 Å². The Morgan fingerprint density at radius 2 is 2.15 bits per heavy atom. The molecule has 144 valence electrons. The van der Waals surface area contributed by atoms with E-state index < -0.39 is 0 Å². The molecule has 0 aliphatic rings. The van der Waals surface area contributed by atoms with Crippen LogP contribution in [0.3, 0.4) is 0 Å². The Bertz CT molecular complexity index is 775. The van der Waals surface area contributed by atoms with Crippen LogP contribution in [-0.2, 0) is 17.9 Å². The van der Waals surface area contributed by atoms with E-state index in [1.54, 1.807) is 19.2 Å². The smallest absolute Gasteiger partial charge is 0.255 e. The first-order chi connectivity index (χ1) is 13.1. The zero-order valence-corrected chi connectivity index (χ0v) is 15.9. The first-order valence-corrected chi connectivity index (χ1v) is 8.99. The minimum Gasteiger partial charge on any atom is -0.494 e. The van der Waals surface area contributed by atoms with Gasteiger partial charge in [0.25, 0.3) is 5.91 Å². The third-order valence-corrected chi connectivity index (χ3v) is 3.89. The van der Waals surface area contributed by atoms with Crippen molar-refractivity contribution in [3.8, 4) is 5.75 Å². The number of amides is 1. The van der Waals surface area contributed by atoms with Gasteiger partial charge in [-0.15, -0.1) is 0 Å². The molecule has 0 aliphatic carbocycles. The molecule has 0 radical (unpaired) electrons. The number of ether oxygens (including phenoxy) is 2. The summed E-state index contributed by atoms with van der Waals surface area (Å²) in [5.74, 6) is 0.731. The molecule has 0 bridgehead atoms. The summed E-state index contributed by atoms with van der Waals surface area (Å²) in [6.07, 6.45) is 6.13. The Balaban J connectivity index is 1.88. The monoisotopic (exact) mass is 369 g/mol. The standard InChI is InChI=1S/C21H27N3O3/c1-3-4-5-6-12-27-18-9-7-8-16(13-18)14-23-21(25)19-11-10-17(15-26-2)24-20(19)22/h3-4,7-11,13H,5-6,12,14-15H2,1-2H3,(H2,22,24)(H,23,25)/b4-3+. The van der Waals surface area contributed by atoms with Crippen molar-refractivity contribution in [3.05, 3.63) is 65.4 Å². The molecule has 3 N–H and O–H groups in total. The van der Waals surface area contributed by atoms with Crippen LogP contribution in [0.1, 0.15) is 41.4 Å². The highest BCUT2D eigenvalue weighted by Crippen LogP contribution is 2.15. The number of rotatable bonds is 10. The molecule has 6 nitrogen and oxygen atoms in total. The van der Waals surface area contributed by atoms with Crippen LogP contribution in [-0.4, -0.2) is 24.6 Å². The topological polar surface area (TPSA) is 86.5 Å². The number of nitrogens with zero attached hydrogens (tertiary/aromatic N) is 1. The molecule has 0 saturated heterocycles. The number of allylic oxidation sites excluding steroid dienone is 2. The van der Waals surface area contributed by atoms with Gasteiger partial charge < -0.3 is 20.5 Å². The molecule has 1 aromatic heterocycles. The summed E-state index contributed by atoms with van der Waals surface area (Å²) >= 11 is 0. The van der Waals surface area contributed by atoms with Crippen LogP contribution in [0.15, 0.2) is 48.6 Å². The first kappa shape index (κ1) is 20.5. The van der Waals surface area contributed by atoms with Gasteiger partial charge in [-0.25, -0.2) is 4.98 Å². The molecule has 0 atom stereocenters. The van der Waals surface area contributed by atoms with Crippen LogP contribution in [0.5, 0.6) is 5.75 Å². The van der Waals surface area contributed by atoms with E-state index in [1.165, 1.54) is 0 Å². The third-order valence-electron chi connectivity index (χ3n) is 3.89. The Kier molecular flexibility index (Phi) is 8.32. The van der Waals surface area contributed by atoms with Gasteiger partial charge in [0.1, 0.15) is 11.6 Å². The fourth-order valence-corrected chi connectivity index (χ4v) is 2.52. The van der Waals surface area contributed by atoms with E-state index in [0.29, 0.717) is 31.0 Å². The number of aromatic nitrogens is 1. The quantitative estimate of drug-likeness (QED) is 0.495. The Labute approximate surface area is 160 Å². The highest BCUT2D eigenvalue weighted by molar-refractivity contribution is 5.98. The highest BCUT2D eigenvalue weighted by atomic mass is 16.5. The maximum absolute atomic E-state index is 12.4.